The lowest BCUT2D eigenvalue weighted by Gasteiger charge is -2.32. The Morgan fingerprint density at radius 3 is 2.62 bits per heavy atom. The molecule has 4 rings (SSSR count). The molecule has 0 spiro atoms. The van der Waals surface area contributed by atoms with Crippen molar-refractivity contribution in [1.82, 2.24) is 15.2 Å². The first-order chi connectivity index (χ1) is 16.5. The maximum atomic E-state index is 13.4. The predicted molar refractivity (Wildman–Crippen MR) is 133 cm³/mol. The Bertz CT molecular complexity index is 1250. The Labute approximate surface area is 204 Å². The summed E-state index contributed by atoms with van der Waals surface area (Å²) in [7, 11) is 0. The number of unbranched alkanes of at least 4 members (excludes halogenated alkanes) is 1. The zero-order chi connectivity index (χ0) is 24.2. The molecule has 0 aliphatic carbocycles. The van der Waals surface area contributed by atoms with Gasteiger partial charge in [0, 0.05) is 23.3 Å². The van der Waals surface area contributed by atoms with Gasteiger partial charge in [-0.15, -0.1) is 10.2 Å². The average molecular weight is 474 g/mol. The van der Waals surface area contributed by atoms with Crippen LogP contribution >= 0.6 is 11.8 Å². The lowest BCUT2D eigenvalue weighted by molar-refractivity contribution is -0.120. The van der Waals surface area contributed by atoms with E-state index >= 15 is 0 Å². The number of aromatic nitrogens is 3. The molecule has 0 N–H and O–H groups in total. The minimum absolute atomic E-state index is 0.0825. The molecule has 1 aliphatic heterocycles. The summed E-state index contributed by atoms with van der Waals surface area (Å²) in [5, 5.41) is 18.7. The standard InChI is InChI=1S/C26H27N5O2S/c1-5-7-12-34-26-28-24-22(29-30-26)20-14-16(3)13-17(4)23(20)31(21(32)6-2)25(33-24)19-10-8-18(15-27)9-11-19/h8-11,13-14,25H,5-7,12H2,1-4H3. The van der Waals surface area contributed by atoms with Gasteiger partial charge in [-0.3, -0.25) is 9.69 Å². The molecule has 0 saturated heterocycles. The summed E-state index contributed by atoms with van der Waals surface area (Å²) >= 11 is 1.54. The van der Waals surface area contributed by atoms with E-state index in [2.05, 4.69) is 23.2 Å². The van der Waals surface area contributed by atoms with Crippen molar-refractivity contribution in [2.75, 3.05) is 10.7 Å². The number of carbonyl (C=O) groups is 1. The number of aryl methyl sites for hydroxylation is 2. The number of carbonyl (C=O) groups excluding carboxylic acids is 1. The number of fused-ring (bicyclic) bond motifs is 3. The minimum Gasteiger partial charge on any atom is -0.447 e. The molecule has 0 fully saturated rings. The van der Waals surface area contributed by atoms with Crippen molar-refractivity contribution in [3.63, 3.8) is 0 Å². The number of benzene rings is 2. The zero-order valence-electron chi connectivity index (χ0n) is 19.8. The summed E-state index contributed by atoms with van der Waals surface area (Å²) in [5.41, 5.74) is 5.31. The van der Waals surface area contributed by atoms with E-state index in [1.54, 1.807) is 28.8 Å². The van der Waals surface area contributed by atoms with Crippen molar-refractivity contribution in [1.29, 1.82) is 5.26 Å². The van der Waals surface area contributed by atoms with Crippen LogP contribution in [0.1, 0.15) is 61.6 Å². The Kier molecular flexibility index (Phi) is 7.13. The van der Waals surface area contributed by atoms with E-state index in [9.17, 15) is 10.1 Å². The van der Waals surface area contributed by atoms with Crippen LogP contribution < -0.4 is 9.64 Å². The quantitative estimate of drug-likeness (QED) is 0.332. The molecular weight excluding hydrogens is 446 g/mol. The molecule has 8 heteroatoms. The number of nitriles is 1. The van der Waals surface area contributed by atoms with Crippen LogP contribution in [0.2, 0.25) is 0 Å². The van der Waals surface area contributed by atoms with Gasteiger partial charge >= 0.3 is 0 Å². The number of thioether (sulfide) groups is 1. The summed E-state index contributed by atoms with van der Waals surface area (Å²) in [4.78, 5) is 19.8. The van der Waals surface area contributed by atoms with Crippen LogP contribution in [0.3, 0.4) is 0 Å². The van der Waals surface area contributed by atoms with Crippen molar-refractivity contribution >= 4 is 23.4 Å². The van der Waals surface area contributed by atoms with Crippen LogP contribution in [-0.2, 0) is 4.79 Å². The van der Waals surface area contributed by atoms with Crippen LogP contribution in [0.4, 0.5) is 5.69 Å². The molecule has 1 unspecified atom stereocenters. The van der Waals surface area contributed by atoms with E-state index in [4.69, 9.17) is 9.72 Å². The van der Waals surface area contributed by atoms with Crippen LogP contribution in [0.5, 0.6) is 5.88 Å². The lowest BCUT2D eigenvalue weighted by Crippen LogP contribution is -2.37. The largest absolute Gasteiger partial charge is 0.447 e. The summed E-state index contributed by atoms with van der Waals surface area (Å²) in [6, 6.07) is 13.3. The molecule has 34 heavy (non-hydrogen) atoms. The molecule has 1 amide bonds. The Morgan fingerprint density at radius 1 is 1.18 bits per heavy atom. The SMILES string of the molecule is CCCCSc1nnc2c(n1)OC(c1ccc(C#N)cc1)N(C(=O)CC)c1c(C)cc(C)cc1-2. The first kappa shape index (κ1) is 23.7. The average Bonchev–Trinajstić information content (AvgIpc) is 2.98. The molecular formula is C26H27N5O2S. The van der Waals surface area contributed by atoms with Gasteiger partial charge in [0.2, 0.25) is 23.2 Å². The van der Waals surface area contributed by atoms with E-state index < -0.39 is 6.23 Å². The van der Waals surface area contributed by atoms with Gasteiger partial charge in [0.05, 0.1) is 17.3 Å². The molecule has 2 aromatic carbocycles. The smallest absolute Gasteiger partial charge is 0.247 e. The fraction of sp³-hybridized carbons (Fsp3) is 0.346. The predicted octanol–water partition coefficient (Wildman–Crippen LogP) is 5.75. The highest BCUT2D eigenvalue weighted by molar-refractivity contribution is 7.99. The van der Waals surface area contributed by atoms with Gasteiger partial charge in [0.25, 0.3) is 0 Å². The Balaban J connectivity index is 1.93. The van der Waals surface area contributed by atoms with E-state index in [0.717, 1.165) is 46.5 Å². The molecule has 2 heterocycles. The Hall–Kier alpha value is -3.44. The van der Waals surface area contributed by atoms with Gasteiger partial charge in [0.15, 0.2) is 5.69 Å². The highest BCUT2D eigenvalue weighted by Crippen LogP contribution is 2.45. The monoisotopic (exact) mass is 473 g/mol. The fourth-order valence-corrected chi connectivity index (χ4v) is 4.88. The topological polar surface area (TPSA) is 92.0 Å². The van der Waals surface area contributed by atoms with Gasteiger partial charge < -0.3 is 4.74 Å². The zero-order valence-corrected chi connectivity index (χ0v) is 20.6. The molecule has 0 bridgehead atoms. The van der Waals surface area contributed by atoms with Crippen LogP contribution in [0, 0.1) is 25.2 Å². The summed E-state index contributed by atoms with van der Waals surface area (Å²) in [6.07, 6.45) is 1.69. The van der Waals surface area contributed by atoms with Gasteiger partial charge in [-0.05, 0) is 44.0 Å². The van der Waals surface area contributed by atoms with Crippen molar-refractivity contribution < 1.29 is 9.53 Å². The van der Waals surface area contributed by atoms with Crippen molar-refractivity contribution in [2.45, 2.75) is 58.3 Å². The minimum atomic E-state index is -0.758. The molecule has 1 aliphatic rings. The molecule has 1 aromatic heterocycles. The highest BCUT2D eigenvalue weighted by atomic mass is 32.2. The van der Waals surface area contributed by atoms with E-state index in [1.807, 2.05) is 45.0 Å². The number of ether oxygens (including phenoxy) is 1. The van der Waals surface area contributed by atoms with E-state index in [1.165, 1.54) is 0 Å². The lowest BCUT2D eigenvalue weighted by atomic mass is 9.99. The van der Waals surface area contributed by atoms with Gasteiger partial charge in [0.1, 0.15) is 0 Å². The van der Waals surface area contributed by atoms with E-state index in [0.29, 0.717) is 28.7 Å². The molecule has 7 nitrogen and oxygen atoms in total. The Morgan fingerprint density at radius 2 is 1.94 bits per heavy atom. The van der Waals surface area contributed by atoms with Gasteiger partial charge in [-0.1, -0.05) is 55.8 Å². The number of amides is 1. The first-order valence-electron chi connectivity index (χ1n) is 11.4. The third kappa shape index (κ3) is 4.62. The fourth-order valence-electron chi connectivity index (χ4n) is 4.02. The number of rotatable bonds is 6. The highest BCUT2D eigenvalue weighted by Gasteiger charge is 2.36. The summed E-state index contributed by atoms with van der Waals surface area (Å²) < 4.78 is 6.47. The van der Waals surface area contributed by atoms with Crippen LogP contribution in [0.25, 0.3) is 11.3 Å². The van der Waals surface area contributed by atoms with Crippen molar-refractivity contribution in [2.24, 2.45) is 0 Å². The molecule has 3 aromatic rings. The molecule has 174 valence electrons. The van der Waals surface area contributed by atoms with Crippen molar-refractivity contribution in [3.8, 4) is 23.2 Å². The second-order valence-corrected chi connectivity index (χ2v) is 9.31. The third-order valence-electron chi connectivity index (χ3n) is 5.66. The molecule has 1 atom stereocenters. The van der Waals surface area contributed by atoms with Gasteiger partial charge in [-0.2, -0.15) is 10.2 Å². The second kappa shape index (κ2) is 10.2. The number of anilines is 1. The normalized spacial score (nSPS) is 14.4. The van der Waals surface area contributed by atoms with Crippen molar-refractivity contribution in [3.05, 3.63) is 58.7 Å². The van der Waals surface area contributed by atoms with E-state index in [-0.39, 0.29) is 5.91 Å². The summed E-state index contributed by atoms with van der Waals surface area (Å²) in [5.74, 6) is 1.16. The number of hydrogen-bond acceptors (Lipinski definition) is 7. The first-order valence-corrected chi connectivity index (χ1v) is 12.4. The second-order valence-electron chi connectivity index (χ2n) is 8.25. The molecule has 0 radical (unpaired) electrons. The third-order valence-corrected chi connectivity index (χ3v) is 6.58. The maximum absolute atomic E-state index is 13.4. The molecule has 0 saturated carbocycles. The number of nitrogens with zero attached hydrogens (tertiary/aromatic N) is 5. The van der Waals surface area contributed by atoms with Gasteiger partial charge in [-0.25, -0.2) is 0 Å². The van der Waals surface area contributed by atoms with Crippen LogP contribution in [0.15, 0.2) is 41.6 Å². The van der Waals surface area contributed by atoms with Crippen LogP contribution in [-0.4, -0.2) is 26.8 Å². The number of hydrogen-bond donors (Lipinski definition) is 0. The maximum Gasteiger partial charge on any atom is 0.247 e. The summed E-state index contributed by atoms with van der Waals surface area (Å²) in [6.45, 7) is 7.97.